The Balaban J connectivity index is 3.24. The Morgan fingerprint density at radius 1 is 1.53 bits per heavy atom. The van der Waals surface area contributed by atoms with Gasteiger partial charge in [-0.2, -0.15) is 0 Å². The lowest BCUT2D eigenvalue weighted by Crippen LogP contribution is -2.31. The van der Waals surface area contributed by atoms with Gasteiger partial charge in [0.1, 0.15) is 0 Å². The van der Waals surface area contributed by atoms with Crippen LogP contribution in [0, 0.1) is 6.92 Å². The van der Waals surface area contributed by atoms with E-state index < -0.39 is 10.0 Å². The minimum absolute atomic E-state index is 0.133. The van der Waals surface area contributed by atoms with Crippen molar-refractivity contribution >= 4 is 27.3 Å². The van der Waals surface area contributed by atoms with E-state index in [0.717, 1.165) is 0 Å². The van der Waals surface area contributed by atoms with E-state index in [2.05, 4.69) is 11.3 Å². The fourth-order valence-corrected chi connectivity index (χ4v) is 3.01. The smallest absolute Gasteiger partial charge is 0.241 e. The highest BCUT2D eigenvalue weighted by Crippen LogP contribution is 2.26. The van der Waals surface area contributed by atoms with Gasteiger partial charge in [0, 0.05) is 6.04 Å². The van der Waals surface area contributed by atoms with Crippen molar-refractivity contribution in [2.75, 3.05) is 5.73 Å². The lowest BCUT2D eigenvalue weighted by Gasteiger charge is -2.13. The van der Waals surface area contributed by atoms with Crippen LogP contribution in [0.5, 0.6) is 0 Å². The number of benzene rings is 1. The Labute approximate surface area is 107 Å². The summed E-state index contributed by atoms with van der Waals surface area (Å²) in [6.45, 7) is 6.88. The Kier molecular flexibility index (Phi) is 4.19. The molecule has 0 saturated carbocycles. The van der Waals surface area contributed by atoms with Crippen LogP contribution < -0.4 is 10.5 Å². The minimum atomic E-state index is -3.60. The number of hydrogen-bond donors (Lipinski definition) is 2. The van der Waals surface area contributed by atoms with Crippen LogP contribution in [0.1, 0.15) is 12.5 Å². The van der Waals surface area contributed by atoms with Gasteiger partial charge in [-0.05, 0) is 31.5 Å². The highest BCUT2D eigenvalue weighted by Gasteiger charge is 2.19. The van der Waals surface area contributed by atoms with Crippen molar-refractivity contribution in [3.8, 4) is 0 Å². The highest BCUT2D eigenvalue weighted by atomic mass is 35.5. The van der Waals surface area contributed by atoms with Gasteiger partial charge in [0.05, 0.1) is 15.6 Å². The van der Waals surface area contributed by atoms with E-state index in [1.165, 1.54) is 18.2 Å². The third kappa shape index (κ3) is 3.21. The number of hydrogen-bond acceptors (Lipinski definition) is 3. The molecule has 1 aromatic carbocycles. The van der Waals surface area contributed by atoms with Gasteiger partial charge in [0.25, 0.3) is 0 Å². The first-order valence-electron chi connectivity index (χ1n) is 4.98. The van der Waals surface area contributed by atoms with E-state index in [9.17, 15) is 8.42 Å². The first kappa shape index (κ1) is 14.0. The third-order valence-electron chi connectivity index (χ3n) is 2.28. The van der Waals surface area contributed by atoms with E-state index >= 15 is 0 Å². The van der Waals surface area contributed by atoms with Crippen LogP contribution in [0.2, 0.25) is 5.02 Å². The molecular weight excluding hydrogens is 260 g/mol. The number of sulfonamides is 1. The second-order valence-corrected chi connectivity index (χ2v) is 5.87. The topological polar surface area (TPSA) is 72.2 Å². The van der Waals surface area contributed by atoms with Gasteiger partial charge in [0.15, 0.2) is 0 Å². The number of nitrogen functional groups attached to an aromatic ring is 1. The van der Waals surface area contributed by atoms with Gasteiger partial charge in [-0.15, -0.1) is 6.58 Å². The van der Waals surface area contributed by atoms with Gasteiger partial charge >= 0.3 is 0 Å². The third-order valence-corrected chi connectivity index (χ3v) is 4.31. The Bertz CT molecular complexity index is 541. The zero-order chi connectivity index (χ0) is 13.2. The fourth-order valence-electron chi connectivity index (χ4n) is 1.31. The van der Waals surface area contributed by atoms with E-state index in [-0.39, 0.29) is 16.6 Å². The predicted octanol–water partition coefficient (Wildman–Crippen LogP) is 2.08. The van der Waals surface area contributed by atoms with Crippen molar-refractivity contribution in [1.29, 1.82) is 0 Å². The summed E-state index contributed by atoms with van der Waals surface area (Å²) in [5.41, 5.74) is 6.39. The van der Waals surface area contributed by atoms with Gasteiger partial charge in [0.2, 0.25) is 10.0 Å². The van der Waals surface area contributed by atoms with Crippen LogP contribution in [-0.4, -0.2) is 14.5 Å². The first-order chi connectivity index (χ1) is 7.77. The summed E-state index contributed by atoms with van der Waals surface area (Å²) >= 11 is 5.81. The summed E-state index contributed by atoms with van der Waals surface area (Å²) in [5.74, 6) is 0. The number of nitrogens with one attached hydrogen (secondary N) is 1. The van der Waals surface area contributed by atoms with E-state index in [1.807, 2.05) is 0 Å². The zero-order valence-corrected chi connectivity index (χ0v) is 11.3. The number of halogens is 1. The van der Waals surface area contributed by atoms with Crippen LogP contribution >= 0.6 is 11.6 Å². The molecule has 0 aliphatic carbocycles. The van der Waals surface area contributed by atoms with Crippen LogP contribution in [0.15, 0.2) is 29.7 Å². The minimum Gasteiger partial charge on any atom is -0.397 e. The van der Waals surface area contributed by atoms with Crippen molar-refractivity contribution in [3.05, 3.63) is 35.4 Å². The number of rotatable bonds is 4. The van der Waals surface area contributed by atoms with Crippen LogP contribution in [-0.2, 0) is 10.0 Å². The molecule has 0 heterocycles. The lowest BCUT2D eigenvalue weighted by molar-refractivity contribution is 0.575. The summed E-state index contributed by atoms with van der Waals surface area (Å²) in [6.07, 6.45) is 1.51. The molecule has 0 saturated heterocycles. The fraction of sp³-hybridized carbons (Fsp3) is 0.273. The summed E-state index contributed by atoms with van der Waals surface area (Å²) in [7, 11) is -3.60. The van der Waals surface area contributed by atoms with E-state index in [4.69, 9.17) is 17.3 Å². The summed E-state index contributed by atoms with van der Waals surface area (Å²) in [5, 5.41) is 0.346. The molecule has 0 bridgehead atoms. The molecule has 1 aromatic rings. The van der Waals surface area contributed by atoms with Crippen molar-refractivity contribution in [3.63, 3.8) is 0 Å². The molecule has 0 aliphatic heterocycles. The molecule has 0 amide bonds. The Hall–Kier alpha value is -1.04. The maximum atomic E-state index is 12.0. The highest BCUT2D eigenvalue weighted by molar-refractivity contribution is 7.89. The molecule has 0 fully saturated rings. The average Bonchev–Trinajstić information content (AvgIpc) is 2.22. The van der Waals surface area contributed by atoms with Crippen molar-refractivity contribution in [2.24, 2.45) is 0 Å². The van der Waals surface area contributed by atoms with Crippen LogP contribution in [0.3, 0.4) is 0 Å². The quantitative estimate of drug-likeness (QED) is 0.652. The number of aryl methyl sites for hydroxylation is 1. The van der Waals surface area contributed by atoms with Crippen LogP contribution in [0.25, 0.3) is 0 Å². The van der Waals surface area contributed by atoms with Gasteiger partial charge < -0.3 is 5.73 Å². The SMILES string of the molecule is C=CC(C)NS(=O)(=O)c1cc(N)c(Cl)cc1C. The van der Waals surface area contributed by atoms with Gasteiger partial charge in [-0.1, -0.05) is 17.7 Å². The molecule has 1 unspecified atom stereocenters. The Morgan fingerprint density at radius 2 is 2.12 bits per heavy atom. The second kappa shape index (κ2) is 5.08. The molecule has 1 atom stereocenters. The number of anilines is 1. The molecule has 0 aliphatic rings. The molecule has 1 rings (SSSR count). The lowest BCUT2D eigenvalue weighted by atomic mass is 10.2. The number of nitrogens with two attached hydrogens (primary N) is 1. The van der Waals surface area contributed by atoms with E-state index in [1.54, 1.807) is 13.8 Å². The molecule has 0 radical (unpaired) electrons. The average molecular weight is 275 g/mol. The summed E-state index contributed by atoms with van der Waals surface area (Å²) in [4.78, 5) is 0.133. The molecule has 3 N–H and O–H groups in total. The van der Waals surface area contributed by atoms with Crippen molar-refractivity contribution < 1.29 is 8.42 Å². The van der Waals surface area contributed by atoms with E-state index in [0.29, 0.717) is 10.6 Å². The normalized spacial score (nSPS) is 13.4. The van der Waals surface area contributed by atoms with Crippen molar-refractivity contribution in [1.82, 2.24) is 4.72 Å². The molecule has 0 spiro atoms. The Morgan fingerprint density at radius 3 is 2.65 bits per heavy atom. The molecular formula is C11H15ClN2O2S. The summed E-state index contributed by atoms with van der Waals surface area (Å²) in [6, 6.07) is 2.54. The largest absolute Gasteiger partial charge is 0.397 e. The molecule has 4 nitrogen and oxygen atoms in total. The zero-order valence-electron chi connectivity index (χ0n) is 9.70. The monoisotopic (exact) mass is 274 g/mol. The van der Waals surface area contributed by atoms with Gasteiger partial charge in [-0.25, -0.2) is 13.1 Å². The standard InChI is InChI=1S/C11H15ClN2O2S/c1-4-8(3)14-17(15,16)11-6-10(13)9(12)5-7(11)2/h4-6,8,14H,1,13H2,2-3H3. The van der Waals surface area contributed by atoms with Crippen molar-refractivity contribution in [2.45, 2.75) is 24.8 Å². The molecule has 94 valence electrons. The molecule has 6 heteroatoms. The molecule has 0 aromatic heterocycles. The van der Waals surface area contributed by atoms with Crippen LogP contribution in [0.4, 0.5) is 5.69 Å². The maximum Gasteiger partial charge on any atom is 0.241 e. The predicted molar refractivity (Wildman–Crippen MR) is 70.6 cm³/mol. The second-order valence-electron chi connectivity index (χ2n) is 3.78. The first-order valence-corrected chi connectivity index (χ1v) is 6.84. The maximum absolute atomic E-state index is 12.0. The summed E-state index contributed by atoms with van der Waals surface area (Å²) < 4.78 is 26.5. The van der Waals surface area contributed by atoms with Gasteiger partial charge in [-0.3, -0.25) is 0 Å². The molecule has 17 heavy (non-hydrogen) atoms.